The molecule has 0 spiro atoms. The summed E-state index contributed by atoms with van der Waals surface area (Å²) in [5, 5.41) is 0.597. The van der Waals surface area contributed by atoms with E-state index in [1.54, 1.807) is 80.9 Å². The molecule has 0 bridgehead atoms. The highest BCUT2D eigenvalue weighted by Crippen LogP contribution is 2.39. The highest BCUT2D eigenvalue weighted by molar-refractivity contribution is 7.91. The number of rotatable bonds is 25. The van der Waals surface area contributed by atoms with Gasteiger partial charge in [-0.05, 0) is 157 Å². The summed E-state index contributed by atoms with van der Waals surface area (Å²) < 4.78 is 117. The summed E-state index contributed by atoms with van der Waals surface area (Å²) in [5.41, 5.74) is 10.9. The number of methoxy groups -OCH3 is 4. The summed E-state index contributed by atoms with van der Waals surface area (Å²) in [6.07, 6.45) is 3.48. The normalized spacial score (nSPS) is 12.5. The number of benzene rings is 9. The Labute approximate surface area is 602 Å². The molecule has 540 valence electrons. The minimum absolute atomic E-state index is 0.239. The van der Waals surface area contributed by atoms with E-state index in [0.717, 1.165) is 51.5 Å². The van der Waals surface area contributed by atoms with Gasteiger partial charge in [0.25, 0.3) is 0 Å². The van der Waals surface area contributed by atoms with Gasteiger partial charge in [0.15, 0.2) is 34.5 Å². The molecular weight excluding hydrogens is 1400 g/mol. The highest BCUT2D eigenvalue weighted by atomic mass is 35.5. The Kier molecular flexibility index (Phi) is 23.5. The molecule has 22 nitrogen and oxygen atoms in total. The number of hydrogen-bond acceptors (Lipinski definition) is 16. The zero-order chi connectivity index (χ0) is 74.1. The first-order chi connectivity index (χ1) is 49.2. The van der Waals surface area contributed by atoms with Gasteiger partial charge in [0, 0.05) is 34.9 Å². The average molecular weight is 1480 g/mol. The van der Waals surface area contributed by atoms with Crippen molar-refractivity contribution in [1.29, 1.82) is 0 Å². The number of aromatic nitrogens is 6. The standard InChI is InChI=1S/C26H28N2O6S.C26H28N2O5S.C25H25ClN2O5S/c1-5-34-25-15-18(11-13-24(25)33-3)22(16-35(4,30)31)28-21-12-10-17(14-20(21)27-26(28)29)19-8-6-7-9-23(19)32-2;1-5-33-25-15-19(11-13-24(25)32-3)23(16-34(4,30)31)28-22-12-10-18(14-21(22)27-26(28)29)20-9-7-6-8-17(20)2;1-4-33-24-14-17(10-12-23(24)32-2)22(15-34(3,30)31)28-21-11-9-16(13-20(21)27-25(28)29)18-7-5-6-8-19(18)26/h6-15,22H,5,16H2,1-4H3,(H,27,29);6-15,23H,5,16H2,1-4H3,(H,27,29);5-14,22H,4,15H2,1-3H3,(H,27,29)/t22-;23-;22-/m000/s1. The van der Waals surface area contributed by atoms with Crippen LogP contribution in [0.3, 0.4) is 0 Å². The molecule has 3 atom stereocenters. The number of H-pyrrole nitrogens is 3. The fourth-order valence-electron chi connectivity index (χ4n) is 12.6. The Balaban J connectivity index is 0.000000166. The van der Waals surface area contributed by atoms with Crippen LogP contribution in [0.5, 0.6) is 40.2 Å². The van der Waals surface area contributed by atoms with E-state index < -0.39 is 59.0 Å². The number of nitrogens with one attached hydrogen (secondary N) is 3. The van der Waals surface area contributed by atoms with Crippen molar-refractivity contribution >= 4 is 74.2 Å². The largest absolute Gasteiger partial charge is 0.496 e. The van der Waals surface area contributed by atoms with E-state index in [-0.39, 0.29) is 22.9 Å². The van der Waals surface area contributed by atoms with Crippen LogP contribution < -0.4 is 50.2 Å². The molecule has 0 radical (unpaired) electrons. The monoisotopic (exact) mass is 1480 g/mol. The SMILES string of the molecule is CCOc1cc([C@H](CS(C)(=O)=O)n2c(=O)[nH]c3cc(-c4ccccc4C)ccc32)ccc1OC.CCOc1cc([C@H](CS(C)(=O)=O)n2c(=O)[nH]c3cc(-c4ccccc4Cl)ccc32)ccc1OC.CCOc1cc([C@H](CS(C)(=O)=O)n2c(=O)[nH]c3cc(-c4ccccc4OC)ccc32)ccc1OC. The maximum Gasteiger partial charge on any atom is 0.327 e. The maximum atomic E-state index is 13.2. The lowest BCUT2D eigenvalue weighted by Crippen LogP contribution is -2.28. The molecule has 3 aromatic heterocycles. The van der Waals surface area contributed by atoms with Gasteiger partial charge in [-0.2, -0.15) is 0 Å². The van der Waals surface area contributed by atoms with E-state index in [2.05, 4.69) is 15.0 Å². The Morgan fingerprint density at radius 2 is 0.680 bits per heavy atom. The minimum Gasteiger partial charge on any atom is -0.496 e. The van der Waals surface area contributed by atoms with Crippen molar-refractivity contribution in [2.45, 2.75) is 45.8 Å². The second-order valence-corrected chi connectivity index (χ2v) is 31.4. The molecule has 0 amide bonds. The molecule has 3 N–H and O–H groups in total. The third kappa shape index (κ3) is 17.5. The summed E-state index contributed by atoms with van der Waals surface area (Å²) in [4.78, 5) is 48.1. The number of imidazole rings is 3. The Morgan fingerprint density at radius 3 is 1.01 bits per heavy atom. The van der Waals surface area contributed by atoms with Gasteiger partial charge in [0.1, 0.15) is 35.3 Å². The van der Waals surface area contributed by atoms with Crippen molar-refractivity contribution in [3.8, 4) is 73.6 Å². The summed E-state index contributed by atoms with van der Waals surface area (Å²) in [7, 11) is -4.09. The Hall–Kier alpha value is -10.5. The third-order valence-corrected chi connectivity index (χ3v) is 20.2. The molecule has 0 saturated heterocycles. The van der Waals surface area contributed by atoms with Crippen molar-refractivity contribution in [2.75, 3.05) is 84.3 Å². The summed E-state index contributed by atoms with van der Waals surface area (Å²) in [6.45, 7) is 8.84. The van der Waals surface area contributed by atoms with Crippen LogP contribution >= 0.6 is 11.6 Å². The van der Waals surface area contributed by atoms with Crippen LogP contribution in [0.15, 0.2) is 196 Å². The van der Waals surface area contributed by atoms with Crippen molar-refractivity contribution in [1.82, 2.24) is 28.7 Å². The van der Waals surface area contributed by atoms with Crippen LogP contribution in [0.2, 0.25) is 5.02 Å². The van der Waals surface area contributed by atoms with Gasteiger partial charge >= 0.3 is 17.1 Å². The molecule has 0 aliphatic carbocycles. The molecule has 9 aromatic carbocycles. The van der Waals surface area contributed by atoms with Crippen molar-refractivity contribution in [2.24, 2.45) is 0 Å². The fraction of sp³-hybridized carbons (Fsp3) is 0.260. The first-order valence-electron chi connectivity index (χ1n) is 32.8. The first kappa shape index (κ1) is 75.2. The van der Waals surface area contributed by atoms with E-state index in [1.165, 1.54) is 34.2 Å². The van der Waals surface area contributed by atoms with Gasteiger partial charge < -0.3 is 48.1 Å². The number of para-hydroxylation sites is 1. The van der Waals surface area contributed by atoms with E-state index in [1.807, 2.05) is 143 Å². The smallest absolute Gasteiger partial charge is 0.327 e. The van der Waals surface area contributed by atoms with Crippen LogP contribution in [0.1, 0.15) is 61.2 Å². The van der Waals surface area contributed by atoms with Gasteiger partial charge in [-0.25, -0.2) is 39.6 Å². The van der Waals surface area contributed by atoms with Crippen molar-refractivity contribution < 1.29 is 58.4 Å². The van der Waals surface area contributed by atoms with Crippen LogP contribution in [0, 0.1) is 6.92 Å². The van der Waals surface area contributed by atoms with E-state index in [4.69, 9.17) is 44.8 Å². The molecule has 12 rings (SSSR count). The predicted octanol–water partition coefficient (Wildman–Crippen LogP) is 13.1. The number of aryl methyl sites for hydroxylation is 1. The average Bonchev–Trinajstić information content (AvgIpc) is 1.65. The lowest BCUT2D eigenvalue weighted by Gasteiger charge is -2.20. The summed E-state index contributed by atoms with van der Waals surface area (Å²) >= 11 is 6.35. The number of halogens is 1. The summed E-state index contributed by atoms with van der Waals surface area (Å²) in [6, 6.07) is 53.2. The quantitative estimate of drug-likeness (QED) is 0.0479. The van der Waals surface area contributed by atoms with Gasteiger partial charge in [-0.1, -0.05) is 109 Å². The first-order valence-corrected chi connectivity index (χ1v) is 39.4. The molecule has 0 aliphatic rings. The lowest BCUT2D eigenvalue weighted by atomic mass is 10.0. The van der Waals surface area contributed by atoms with Crippen molar-refractivity contribution in [3.63, 3.8) is 0 Å². The number of fused-ring (bicyclic) bond motifs is 3. The van der Waals surface area contributed by atoms with Gasteiger partial charge in [0.2, 0.25) is 0 Å². The zero-order valence-electron chi connectivity index (χ0n) is 58.8. The second kappa shape index (κ2) is 32.2. The minimum atomic E-state index is -3.45. The molecular formula is C77H81ClN6O16S3. The number of ether oxygens (including phenoxy) is 7. The fourth-order valence-corrected chi connectivity index (χ4v) is 15.6. The predicted molar refractivity (Wildman–Crippen MR) is 406 cm³/mol. The van der Waals surface area contributed by atoms with E-state index in [9.17, 15) is 39.6 Å². The van der Waals surface area contributed by atoms with Crippen LogP contribution in [-0.2, 0) is 29.5 Å². The molecule has 0 unspecified atom stereocenters. The topological polar surface area (TPSA) is 280 Å². The third-order valence-electron chi connectivity index (χ3n) is 17.1. The van der Waals surface area contributed by atoms with Crippen LogP contribution in [-0.4, -0.2) is 138 Å². The Bertz CT molecular complexity index is 5390. The highest BCUT2D eigenvalue weighted by Gasteiger charge is 2.29. The molecule has 0 aliphatic heterocycles. The molecule has 26 heteroatoms. The van der Waals surface area contributed by atoms with Gasteiger partial charge in [-0.15, -0.1) is 0 Å². The lowest BCUT2D eigenvalue weighted by molar-refractivity contribution is 0.310. The number of sulfone groups is 3. The van der Waals surface area contributed by atoms with E-state index >= 15 is 0 Å². The van der Waals surface area contributed by atoms with Crippen LogP contribution in [0.25, 0.3) is 66.5 Å². The molecule has 0 saturated carbocycles. The number of nitrogens with zero attached hydrogens (tertiary/aromatic N) is 3. The Morgan fingerprint density at radius 1 is 0.369 bits per heavy atom. The number of aromatic amines is 3. The molecule has 0 fully saturated rings. The number of hydrogen-bond donors (Lipinski definition) is 3. The van der Waals surface area contributed by atoms with Crippen molar-refractivity contribution in [3.05, 3.63) is 241 Å². The van der Waals surface area contributed by atoms with Gasteiger partial charge in [-0.3, -0.25) is 13.7 Å². The summed E-state index contributed by atoms with van der Waals surface area (Å²) in [5.74, 6) is 3.01. The van der Waals surface area contributed by atoms with Gasteiger partial charge in [0.05, 0.1) is 117 Å². The second-order valence-electron chi connectivity index (χ2n) is 24.4. The maximum absolute atomic E-state index is 13.2. The molecule has 3 heterocycles. The molecule has 103 heavy (non-hydrogen) atoms. The van der Waals surface area contributed by atoms with Crippen LogP contribution in [0.4, 0.5) is 0 Å². The molecule has 12 aromatic rings. The zero-order valence-corrected chi connectivity index (χ0v) is 62.0. The van der Waals surface area contributed by atoms with E-state index in [0.29, 0.717) is 115 Å².